The van der Waals surface area contributed by atoms with Gasteiger partial charge in [-0.05, 0) is 60.1 Å². The standard InChI is InChI=1S/C22H36O3/c1-4-5-6-7-12-22(2,3)17-9-11-19(21(25)13-17)20-14-18(24)10-8-16(20)15-23/h9,11,13,16,18,20,23-25H,4-8,10,12,14-15H2,1-3H3/t16-,18+,20+/m1/s1. The van der Waals surface area contributed by atoms with Crippen LogP contribution in [0.15, 0.2) is 18.2 Å². The van der Waals surface area contributed by atoms with E-state index in [2.05, 4.69) is 26.8 Å². The van der Waals surface area contributed by atoms with E-state index in [0.717, 1.165) is 24.8 Å². The van der Waals surface area contributed by atoms with E-state index in [1.54, 1.807) is 0 Å². The molecule has 3 nitrogen and oxygen atoms in total. The Morgan fingerprint density at radius 3 is 2.52 bits per heavy atom. The van der Waals surface area contributed by atoms with E-state index < -0.39 is 0 Å². The Hall–Kier alpha value is -1.06. The van der Waals surface area contributed by atoms with E-state index in [1.807, 2.05) is 12.1 Å². The van der Waals surface area contributed by atoms with Crippen molar-refractivity contribution in [3.63, 3.8) is 0 Å². The normalized spacial score (nSPS) is 24.4. The Balaban J connectivity index is 2.13. The topological polar surface area (TPSA) is 60.7 Å². The molecule has 0 amide bonds. The summed E-state index contributed by atoms with van der Waals surface area (Å²) in [7, 11) is 0. The van der Waals surface area contributed by atoms with Gasteiger partial charge in [-0.3, -0.25) is 0 Å². The summed E-state index contributed by atoms with van der Waals surface area (Å²) in [5.41, 5.74) is 2.09. The van der Waals surface area contributed by atoms with Crippen molar-refractivity contribution in [2.24, 2.45) is 5.92 Å². The Bertz CT molecular complexity index is 538. The van der Waals surface area contributed by atoms with Gasteiger partial charge in [0.2, 0.25) is 0 Å². The first-order valence-corrected chi connectivity index (χ1v) is 10.0. The third-order valence-corrected chi connectivity index (χ3v) is 6.07. The predicted molar refractivity (Wildman–Crippen MR) is 103 cm³/mol. The summed E-state index contributed by atoms with van der Waals surface area (Å²) in [4.78, 5) is 0. The molecule has 3 N–H and O–H groups in total. The van der Waals surface area contributed by atoms with Gasteiger partial charge in [-0.25, -0.2) is 0 Å². The highest BCUT2D eigenvalue weighted by atomic mass is 16.3. The first kappa shape index (κ1) is 20.3. The summed E-state index contributed by atoms with van der Waals surface area (Å²) in [5, 5.41) is 30.3. The Morgan fingerprint density at radius 2 is 1.88 bits per heavy atom. The lowest BCUT2D eigenvalue weighted by molar-refractivity contribution is 0.0701. The number of aromatic hydroxyl groups is 1. The minimum absolute atomic E-state index is 0.0375. The van der Waals surface area contributed by atoms with Gasteiger partial charge in [0.25, 0.3) is 0 Å². The second-order valence-electron chi connectivity index (χ2n) is 8.48. The highest BCUT2D eigenvalue weighted by molar-refractivity contribution is 5.42. The molecule has 0 bridgehead atoms. The summed E-state index contributed by atoms with van der Waals surface area (Å²) >= 11 is 0. The first-order valence-electron chi connectivity index (χ1n) is 10.0. The van der Waals surface area contributed by atoms with E-state index in [-0.39, 0.29) is 30.0 Å². The summed E-state index contributed by atoms with van der Waals surface area (Å²) in [5.74, 6) is 0.481. The number of aliphatic hydroxyl groups excluding tert-OH is 2. The summed E-state index contributed by atoms with van der Waals surface area (Å²) < 4.78 is 0. The average molecular weight is 349 g/mol. The van der Waals surface area contributed by atoms with Crippen molar-refractivity contribution in [3.8, 4) is 5.75 Å². The fraction of sp³-hybridized carbons (Fsp3) is 0.727. The van der Waals surface area contributed by atoms with Crippen LogP contribution in [-0.2, 0) is 5.41 Å². The van der Waals surface area contributed by atoms with Gasteiger partial charge in [0.05, 0.1) is 6.10 Å². The molecule has 0 spiro atoms. The minimum atomic E-state index is -0.332. The quantitative estimate of drug-likeness (QED) is 0.587. The summed E-state index contributed by atoms with van der Waals surface area (Å²) in [6.45, 7) is 6.83. The molecule has 1 aromatic carbocycles. The van der Waals surface area contributed by atoms with Crippen molar-refractivity contribution in [2.45, 2.75) is 89.6 Å². The number of aliphatic hydroxyl groups is 2. The number of phenolic OH excluding ortho intramolecular Hbond substituents is 1. The molecule has 1 aliphatic carbocycles. The molecule has 1 aromatic rings. The Morgan fingerprint density at radius 1 is 1.12 bits per heavy atom. The summed E-state index contributed by atoms with van der Waals surface area (Å²) in [6, 6.07) is 6.05. The zero-order valence-corrected chi connectivity index (χ0v) is 16.2. The third kappa shape index (κ3) is 5.21. The molecule has 0 saturated heterocycles. The van der Waals surface area contributed by atoms with Crippen molar-refractivity contribution in [1.29, 1.82) is 0 Å². The van der Waals surface area contributed by atoms with Crippen LogP contribution in [0.2, 0.25) is 0 Å². The van der Waals surface area contributed by atoms with Crippen LogP contribution in [0.25, 0.3) is 0 Å². The molecule has 0 aliphatic heterocycles. The molecule has 0 heterocycles. The monoisotopic (exact) mass is 348 g/mol. The van der Waals surface area contributed by atoms with Crippen molar-refractivity contribution < 1.29 is 15.3 Å². The zero-order valence-electron chi connectivity index (χ0n) is 16.2. The van der Waals surface area contributed by atoms with Gasteiger partial charge in [0.1, 0.15) is 5.75 Å². The van der Waals surface area contributed by atoms with Gasteiger partial charge in [-0.2, -0.15) is 0 Å². The highest BCUT2D eigenvalue weighted by Crippen LogP contribution is 2.42. The smallest absolute Gasteiger partial charge is 0.119 e. The molecular weight excluding hydrogens is 312 g/mol. The predicted octanol–water partition coefficient (Wildman–Crippen LogP) is 4.88. The third-order valence-electron chi connectivity index (χ3n) is 6.07. The number of unbranched alkanes of at least 4 members (excludes halogenated alkanes) is 3. The second kappa shape index (κ2) is 9.05. The lowest BCUT2D eigenvalue weighted by Gasteiger charge is -2.34. The Kier molecular flexibility index (Phi) is 7.33. The van der Waals surface area contributed by atoms with E-state index >= 15 is 0 Å². The van der Waals surface area contributed by atoms with E-state index in [9.17, 15) is 15.3 Å². The molecule has 1 saturated carbocycles. The number of hydrogen-bond donors (Lipinski definition) is 3. The van der Waals surface area contributed by atoms with Crippen molar-refractivity contribution in [1.82, 2.24) is 0 Å². The molecule has 2 rings (SSSR count). The molecule has 0 radical (unpaired) electrons. The van der Waals surface area contributed by atoms with Gasteiger partial charge in [-0.15, -0.1) is 0 Å². The van der Waals surface area contributed by atoms with Crippen LogP contribution in [0, 0.1) is 5.92 Å². The molecule has 0 aromatic heterocycles. The number of rotatable bonds is 8. The van der Waals surface area contributed by atoms with Gasteiger partial charge in [0.15, 0.2) is 0 Å². The van der Waals surface area contributed by atoms with Gasteiger partial charge < -0.3 is 15.3 Å². The largest absolute Gasteiger partial charge is 0.508 e. The maximum atomic E-state index is 10.7. The number of benzene rings is 1. The van der Waals surface area contributed by atoms with Crippen LogP contribution in [0.1, 0.15) is 89.2 Å². The maximum Gasteiger partial charge on any atom is 0.119 e. The van der Waals surface area contributed by atoms with Crippen LogP contribution in [0.4, 0.5) is 0 Å². The molecule has 1 fully saturated rings. The summed E-state index contributed by atoms with van der Waals surface area (Å²) in [6.07, 6.45) is 7.97. The fourth-order valence-corrected chi connectivity index (χ4v) is 4.23. The van der Waals surface area contributed by atoms with Crippen LogP contribution >= 0.6 is 0 Å². The minimum Gasteiger partial charge on any atom is -0.508 e. The van der Waals surface area contributed by atoms with E-state index in [0.29, 0.717) is 12.2 Å². The van der Waals surface area contributed by atoms with Crippen molar-refractivity contribution in [3.05, 3.63) is 29.3 Å². The highest BCUT2D eigenvalue weighted by Gasteiger charge is 2.32. The number of phenols is 1. The van der Waals surface area contributed by atoms with Crippen molar-refractivity contribution >= 4 is 0 Å². The zero-order chi connectivity index (χ0) is 18.4. The van der Waals surface area contributed by atoms with Gasteiger partial charge >= 0.3 is 0 Å². The van der Waals surface area contributed by atoms with E-state index in [1.165, 1.54) is 31.2 Å². The molecule has 142 valence electrons. The van der Waals surface area contributed by atoms with Crippen molar-refractivity contribution in [2.75, 3.05) is 6.61 Å². The maximum absolute atomic E-state index is 10.7. The lowest BCUT2D eigenvalue weighted by atomic mass is 9.73. The van der Waals surface area contributed by atoms with Crippen LogP contribution in [0.3, 0.4) is 0 Å². The second-order valence-corrected chi connectivity index (χ2v) is 8.48. The molecule has 1 aliphatic rings. The van der Waals surface area contributed by atoms with Gasteiger partial charge in [0, 0.05) is 6.61 Å². The lowest BCUT2D eigenvalue weighted by Crippen LogP contribution is -2.28. The van der Waals surface area contributed by atoms with Gasteiger partial charge in [-0.1, -0.05) is 58.6 Å². The van der Waals surface area contributed by atoms with E-state index in [4.69, 9.17) is 0 Å². The fourth-order valence-electron chi connectivity index (χ4n) is 4.23. The molecular formula is C22H36O3. The van der Waals surface area contributed by atoms with Crippen LogP contribution < -0.4 is 0 Å². The molecule has 3 heteroatoms. The SMILES string of the molecule is CCCCCCC(C)(C)c1ccc([C@H]2C[C@@H](O)CC[C@@H]2CO)c(O)c1. The Labute approximate surface area is 153 Å². The van der Waals surface area contributed by atoms with Crippen LogP contribution in [-0.4, -0.2) is 28.0 Å². The molecule has 25 heavy (non-hydrogen) atoms. The molecule has 0 unspecified atom stereocenters. The number of hydrogen-bond acceptors (Lipinski definition) is 3. The van der Waals surface area contributed by atoms with Crippen LogP contribution in [0.5, 0.6) is 5.75 Å². The molecule has 3 atom stereocenters. The first-order chi connectivity index (χ1) is 11.9. The average Bonchev–Trinajstić information content (AvgIpc) is 2.58.